The number of aromatic nitrogens is 2. The monoisotopic (exact) mass is 358 g/mol. The van der Waals surface area contributed by atoms with E-state index in [1.807, 2.05) is 29.9 Å². The van der Waals surface area contributed by atoms with E-state index in [1.165, 1.54) is 12.1 Å². The van der Waals surface area contributed by atoms with Gasteiger partial charge in [-0.2, -0.15) is 5.10 Å². The van der Waals surface area contributed by atoms with Crippen molar-refractivity contribution in [3.8, 4) is 0 Å². The molecule has 2 heterocycles. The molecule has 1 N–H and O–H groups in total. The zero-order valence-electron chi connectivity index (χ0n) is 15.5. The van der Waals surface area contributed by atoms with E-state index in [2.05, 4.69) is 22.2 Å². The van der Waals surface area contributed by atoms with Crippen molar-refractivity contribution in [2.75, 3.05) is 19.6 Å². The third kappa shape index (κ3) is 4.30. The summed E-state index contributed by atoms with van der Waals surface area (Å²) >= 11 is 0. The van der Waals surface area contributed by atoms with Gasteiger partial charge in [0.1, 0.15) is 5.82 Å². The number of halogens is 1. The molecule has 1 aromatic carbocycles. The van der Waals surface area contributed by atoms with E-state index in [0.29, 0.717) is 12.1 Å². The van der Waals surface area contributed by atoms with Crippen molar-refractivity contribution in [3.63, 3.8) is 0 Å². The summed E-state index contributed by atoms with van der Waals surface area (Å²) in [5, 5.41) is 7.46. The van der Waals surface area contributed by atoms with E-state index in [9.17, 15) is 9.18 Å². The van der Waals surface area contributed by atoms with Gasteiger partial charge in [-0.3, -0.25) is 14.4 Å². The van der Waals surface area contributed by atoms with Crippen LogP contribution in [-0.2, 0) is 6.54 Å². The standard InChI is InChI=1S/C20H27FN4O/c1-3-10-25-14-18(15(2)23-25)20(26)22-13-19(24-11-4-5-12-24)16-6-8-17(21)9-7-16/h6-9,14,19H,3-5,10-13H2,1-2H3,(H,22,26)/t19-/m1/s1. The second kappa shape index (κ2) is 8.45. The van der Waals surface area contributed by atoms with Crippen molar-refractivity contribution in [1.29, 1.82) is 0 Å². The Morgan fingerprint density at radius 1 is 1.27 bits per heavy atom. The molecule has 3 rings (SSSR count). The molecule has 0 aliphatic carbocycles. The van der Waals surface area contributed by atoms with Crippen molar-refractivity contribution in [3.05, 3.63) is 53.1 Å². The Kier molecular flexibility index (Phi) is 6.04. The highest BCUT2D eigenvalue weighted by Gasteiger charge is 2.24. The third-order valence-corrected chi connectivity index (χ3v) is 4.94. The van der Waals surface area contributed by atoms with Gasteiger partial charge in [0.05, 0.1) is 17.3 Å². The SMILES string of the molecule is CCCn1cc(C(=O)NC[C@H](c2ccc(F)cc2)N2CCCC2)c(C)n1. The minimum atomic E-state index is -0.239. The summed E-state index contributed by atoms with van der Waals surface area (Å²) in [6, 6.07) is 6.66. The Hall–Kier alpha value is -2.21. The van der Waals surface area contributed by atoms with Crippen LogP contribution in [0.5, 0.6) is 0 Å². The Morgan fingerprint density at radius 3 is 2.62 bits per heavy atom. The van der Waals surface area contributed by atoms with Gasteiger partial charge in [0.2, 0.25) is 0 Å². The van der Waals surface area contributed by atoms with Gasteiger partial charge in [0.25, 0.3) is 5.91 Å². The van der Waals surface area contributed by atoms with Gasteiger partial charge in [-0.05, 0) is 57.0 Å². The van der Waals surface area contributed by atoms with E-state index in [-0.39, 0.29) is 17.8 Å². The first-order valence-electron chi connectivity index (χ1n) is 9.40. The summed E-state index contributed by atoms with van der Waals surface area (Å²) in [7, 11) is 0. The second-order valence-corrected chi connectivity index (χ2v) is 6.91. The molecule has 1 saturated heterocycles. The maximum Gasteiger partial charge on any atom is 0.254 e. The molecule has 0 saturated carbocycles. The van der Waals surface area contributed by atoms with Gasteiger partial charge in [-0.15, -0.1) is 0 Å². The number of carbonyl (C=O) groups excluding carboxylic acids is 1. The molecule has 1 aliphatic rings. The molecule has 26 heavy (non-hydrogen) atoms. The third-order valence-electron chi connectivity index (χ3n) is 4.94. The number of carbonyl (C=O) groups is 1. The summed E-state index contributed by atoms with van der Waals surface area (Å²) in [4.78, 5) is 15.0. The van der Waals surface area contributed by atoms with Gasteiger partial charge >= 0.3 is 0 Å². The Morgan fingerprint density at radius 2 is 1.96 bits per heavy atom. The molecule has 1 aliphatic heterocycles. The molecule has 2 aromatic rings. The average molecular weight is 358 g/mol. The summed E-state index contributed by atoms with van der Waals surface area (Å²) in [5.74, 6) is -0.340. The van der Waals surface area contributed by atoms with Crippen molar-refractivity contribution in [1.82, 2.24) is 20.0 Å². The molecule has 1 amide bonds. The minimum Gasteiger partial charge on any atom is -0.350 e. The summed E-state index contributed by atoms with van der Waals surface area (Å²) in [5.41, 5.74) is 2.40. The van der Waals surface area contributed by atoms with Crippen molar-refractivity contribution in [2.24, 2.45) is 0 Å². The number of rotatable bonds is 7. The Bertz CT molecular complexity index is 735. The molecule has 0 bridgehead atoms. The first kappa shape index (κ1) is 18.6. The second-order valence-electron chi connectivity index (χ2n) is 6.91. The zero-order valence-corrected chi connectivity index (χ0v) is 15.5. The number of nitrogens with zero attached hydrogens (tertiary/aromatic N) is 3. The van der Waals surface area contributed by atoms with E-state index >= 15 is 0 Å². The van der Waals surface area contributed by atoms with Crippen LogP contribution in [0.1, 0.15) is 53.8 Å². The quantitative estimate of drug-likeness (QED) is 0.826. The van der Waals surface area contributed by atoms with E-state index < -0.39 is 0 Å². The molecule has 0 spiro atoms. The molecule has 1 fully saturated rings. The topological polar surface area (TPSA) is 50.2 Å². The zero-order chi connectivity index (χ0) is 18.5. The van der Waals surface area contributed by atoms with Crippen LogP contribution < -0.4 is 5.32 Å². The molecule has 1 atom stereocenters. The number of benzene rings is 1. The predicted molar refractivity (Wildman–Crippen MR) is 99.5 cm³/mol. The molecular formula is C20H27FN4O. The number of hydrogen-bond donors (Lipinski definition) is 1. The summed E-state index contributed by atoms with van der Waals surface area (Å²) in [6.07, 6.45) is 5.11. The largest absolute Gasteiger partial charge is 0.350 e. The smallest absolute Gasteiger partial charge is 0.254 e. The van der Waals surface area contributed by atoms with Crippen LogP contribution in [0.25, 0.3) is 0 Å². The maximum atomic E-state index is 13.3. The van der Waals surface area contributed by atoms with Gasteiger partial charge < -0.3 is 5.32 Å². The van der Waals surface area contributed by atoms with Crippen LogP contribution in [-0.4, -0.2) is 40.2 Å². The number of nitrogens with one attached hydrogen (secondary N) is 1. The molecule has 0 unspecified atom stereocenters. The average Bonchev–Trinajstić information content (AvgIpc) is 3.27. The van der Waals surface area contributed by atoms with Crippen LogP contribution in [0, 0.1) is 12.7 Å². The molecule has 6 heteroatoms. The fraction of sp³-hybridized carbons (Fsp3) is 0.500. The molecule has 5 nitrogen and oxygen atoms in total. The number of aryl methyl sites for hydroxylation is 2. The number of hydrogen-bond acceptors (Lipinski definition) is 3. The number of amides is 1. The molecule has 1 aromatic heterocycles. The fourth-order valence-electron chi connectivity index (χ4n) is 3.56. The highest BCUT2D eigenvalue weighted by Crippen LogP contribution is 2.25. The van der Waals surface area contributed by atoms with Crippen LogP contribution in [0.3, 0.4) is 0 Å². The first-order chi connectivity index (χ1) is 12.6. The lowest BCUT2D eigenvalue weighted by molar-refractivity contribution is 0.0937. The van der Waals surface area contributed by atoms with Crippen LogP contribution in [0.4, 0.5) is 4.39 Å². The van der Waals surface area contributed by atoms with E-state index in [0.717, 1.165) is 50.2 Å². The van der Waals surface area contributed by atoms with Crippen LogP contribution >= 0.6 is 0 Å². The lowest BCUT2D eigenvalue weighted by Gasteiger charge is -2.28. The van der Waals surface area contributed by atoms with Crippen molar-refractivity contribution in [2.45, 2.75) is 45.7 Å². The van der Waals surface area contributed by atoms with Gasteiger partial charge in [0.15, 0.2) is 0 Å². The first-order valence-corrected chi connectivity index (χ1v) is 9.40. The molecule has 140 valence electrons. The lowest BCUT2D eigenvalue weighted by Crippen LogP contribution is -2.36. The van der Waals surface area contributed by atoms with E-state index in [4.69, 9.17) is 0 Å². The number of likely N-dealkylation sites (tertiary alicyclic amines) is 1. The normalized spacial score (nSPS) is 16.0. The van der Waals surface area contributed by atoms with E-state index in [1.54, 1.807) is 0 Å². The van der Waals surface area contributed by atoms with Gasteiger partial charge in [-0.1, -0.05) is 19.1 Å². The van der Waals surface area contributed by atoms with Crippen LogP contribution in [0.2, 0.25) is 0 Å². The van der Waals surface area contributed by atoms with Gasteiger partial charge in [-0.25, -0.2) is 4.39 Å². The van der Waals surface area contributed by atoms with Crippen molar-refractivity contribution >= 4 is 5.91 Å². The molecule has 0 radical (unpaired) electrons. The maximum absolute atomic E-state index is 13.3. The predicted octanol–water partition coefficient (Wildman–Crippen LogP) is 3.31. The fourth-order valence-corrected chi connectivity index (χ4v) is 3.56. The highest BCUT2D eigenvalue weighted by molar-refractivity contribution is 5.95. The minimum absolute atomic E-state index is 0.0630. The summed E-state index contributed by atoms with van der Waals surface area (Å²) < 4.78 is 15.1. The lowest BCUT2D eigenvalue weighted by atomic mass is 10.1. The van der Waals surface area contributed by atoms with Crippen LogP contribution in [0.15, 0.2) is 30.5 Å². The molecular weight excluding hydrogens is 331 g/mol. The Balaban J connectivity index is 1.71. The van der Waals surface area contributed by atoms with Crippen molar-refractivity contribution < 1.29 is 9.18 Å². The van der Waals surface area contributed by atoms with Gasteiger partial charge in [0, 0.05) is 19.3 Å². The summed E-state index contributed by atoms with van der Waals surface area (Å²) in [6.45, 7) is 7.26. The highest BCUT2D eigenvalue weighted by atomic mass is 19.1. The Labute approximate surface area is 154 Å².